The van der Waals surface area contributed by atoms with E-state index in [1.165, 1.54) is 23.5 Å². The second kappa shape index (κ2) is 10.3. The van der Waals surface area contributed by atoms with Crippen molar-refractivity contribution in [2.45, 2.75) is 0 Å². The van der Waals surface area contributed by atoms with E-state index >= 15 is 0 Å². The van der Waals surface area contributed by atoms with Crippen LogP contribution in [0.1, 0.15) is 15.9 Å². The lowest BCUT2D eigenvalue weighted by atomic mass is 10.1. The summed E-state index contributed by atoms with van der Waals surface area (Å²) in [4.78, 5) is 36.2. The summed E-state index contributed by atoms with van der Waals surface area (Å²) in [7, 11) is 0. The SMILES string of the molecule is N/C=C\N(N)c1ncc(F)c2c(C(=O)C(=O)N3CCN(/C(NN)=C(/N)c4ccccc4)CC3)c[nH]c12. The van der Waals surface area contributed by atoms with Crippen LogP contribution in [-0.2, 0) is 4.79 Å². The number of benzene rings is 1. The summed E-state index contributed by atoms with van der Waals surface area (Å²) in [6.07, 6.45) is 4.70. The van der Waals surface area contributed by atoms with Gasteiger partial charge in [0.1, 0.15) is 5.82 Å². The summed E-state index contributed by atoms with van der Waals surface area (Å²) in [5, 5.41) is 0.997. The number of anilines is 1. The number of nitrogens with zero attached hydrogens (tertiary/aromatic N) is 4. The molecule has 0 saturated carbocycles. The zero-order chi connectivity index (χ0) is 25.8. The number of ketones is 1. The Labute approximate surface area is 205 Å². The van der Waals surface area contributed by atoms with Gasteiger partial charge >= 0.3 is 0 Å². The van der Waals surface area contributed by atoms with Crippen LogP contribution in [0.4, 0.5) is 10.2 Å². The molecule has 0 bridgehead atoms. The third-order valence-electron chi connectivity index (χ3n) is 5.93. The minimum absolute atomic E-state index is 0.0777. The highest BCUT2D eigenvalue weighted by atomic mass is 19.1. The summed E-state index contributed by atoms with van der Waals surface area (Å²) in [6, 6.07) is 9.34. The van der Waals surface area contributed by atoms with E-state index in [1.54, 1.807) is 0 Å². The molecule has 1 aromatic carbocycles. The predicted molar refractivity (Wildman–Crippen MR) is 133 cm³/mol. The molecule has 0 atom stereocenters. The number of hydrogen-bond acceptors (Lipinski definition) is 10. The number of aromatic amines is 1. The van der Waals surface area contributed by atoms with Gasteiger partial charge in [0.05, 0.1) is 28.4 Å². The number of nitrogens with one attached hydrogen (secondary N) is 2. The number of aromatic nitrogens is 2. The van der Waals surface area contributed by atoms with E-state index in [0.717, 1.165) is 16.8 Å². The third-order valence-corrected chi connectivity index (χ3v) is 5.93. The zero-order valence-corrected chi connectivity index (χ0v) is 19.3. The number of fused-ring (bicyclic) bond motifs is 1. The van der Waals surface area contributed by atoms with Crippen LogP contribution >= 0.6 is 0 Å². The maximum atomic E-state index is 14.7. The summed E-state index contributed by atoms with van der Waals surface area (Å²) in [5.41, 5.74) is 15.6. The lowest BCUT2D eigenvalue weighted by Gasteiger charge is -2.37. The van der Waals surface area contributed by atoms with Crippen molar-refractivity contribution >= 4 is 34.1 Å². The summed E-state index contributed by atoms with van der Waals surface area (Å²) in [6.45, 7) is 1.26. The number of Topliss-reactive ketones (excluding diaryl/α,β-unsaturated/α-hetero) is 1. The molecule has 3 heterocycles. The smallest absolute Gasteiger partial charge is 0.295 e. The first-order valence-corrected chi connectivity index (χ1v) is 11.1. The van der Waals surface area contributed by atoms with Crippen LogP contribution in [0.5, 0.6) is 0 Å². The number of hydrogen-bond donors (Lipinski definition) is 6. The molecular formula is C23H27FN10O2. The Morgan fingerprint density at radius 1 is 1.14 bits per heavy atom. The molecule has 0 radical (unpaired) electrons. The molecule has 1 amide bonds. The van der Waals surface area contributed by atoms with Crippen molar-refractivity contribution in [3.8, 4) is 0 Å². The van der Waals surface area contributed by atoms with E-state index < -0.39 is 17.5 Å². The average Bonchev–Trinajstić information content (AvgIpc) is 3.35. The molecule has 4 rings (SSSR count). The Balaban J connectivity index is 1.52. The minimum atomic E-state index is -0.847. The van der Waals surface area contributed by atoms with Crippen LogP contribution in [0.15, 0.2) is 60.9 Å². The maximum Gasteiger partial charge on any atom is 0.295 e. The molecule has 1 aliphatic rings. The number of H-pyrrole nitrogens is 1. The van der Waals surface area contributed by atoms with Gasteiger partial charge in [0.15, 0.2) is 11.6 Å². The Bertz CT molecular complexity index is 1330. The molecule has 188 valence electrons. The van der Waals surface area contributed by atoms with Crippen molar-refractivity contribution in [2.75, 3.05) is 31.2 Å². The normalized spacial score (nSPS) is 14.8. The fraction of sp³-hybridized carbons (Fsp3) is 0.174. The van der Waals surface area contributed by atoms with E-state index in [-0.39, 0.29) is 35.4 Å². The molecule has 10 N–H and O–H groups in total. The Morgan fingerprint density at radius 3 is 2.44 bits per heavy atom. The lowest BCUT2D eigenvalue weighted by molar-refractivity contribution is -0.127. The summed E-state index contributed by atoms with van der Waals surface area (Å²) < 4.78 is 14.7. The standard InChI is InChI=1S/C23H27FN10O2/c24-16-13-30-22(34(28)7-6-25)19-17(16)15(12-29-19)20(35)23(36)33-10-8-32(9-11-33)21(31-27)18(26)14-4-2-1-3-5-14/h1-7,12-13,29,31H,8-11,25-28H2/b7-6-,21-18+. The molecule has 0 unspecified atom stereocenters. The van der Waals surface area contributed by atoms with Gasteiger partial charge in [0.25, 0.3) is 11.7 Å². The highest BCUT2D eigenvalue weighted by molar-refractivity contribution is 6.45. The van der Waals surface area contributed by atoms with Crippen LogP contribution in [0.2, 0.25) is 0 Å². The number of nitrogens with two attached hydrogens (primary N) is 4. The largest absolute Gasteiger partial charge is 0.403 e. The molecule has 2 aromatic heterocycles. The minimum Gasteiger partial charge on any atom is -0.403 e. The van der Waals surface area contributed by atoms with E-state index in [0.29, 0.717) is 24.6 Å². The molecule has 12 nitrogen and oxygen atoms in total. The summed E-state index contributed by atoms with van der Waals surface area (Å²) in [5.74, 6) is 9.90. The van der Waals surface area contributed by atoms with Gasteiger partial charge < -0.3 is 31.7 Å². The molecule has 0 spiro atoms. The number of carbonyl (C=O) groups is 2. The monoisotopic (exact) mass is 494 g/mol. The Morgan fingerprint density at radius 2 is 1.81 bits per heavy atom. The Hall–Kier alpha value is -4.62. The van der Waals surface area contributed by atoms with Gasteiger partial charge in [-0.1, -0.05) is 30.3 Å². The van der Waals surface area contributed by atoms with Crippen molar-refractivity contribution in [1.29, 1.82) is 0 Å². The van der Waals surface area contributed by atoms with Gasteiger partial charge in [0, 0.05) is 50.3 Å². The first-order chi connectivity index (χ1) is 17.4. The van der Waals surface area contributed by atoms with Crippen molar-refractivity contribution in [1.82, 2.24) is 25.2 Å². The van der Waals surface area contributed by atoms with Crippen molar-refractivity contribution < 1.29 is 14.0 Å². The molecule has 0 aliphatic carbocycles. The van der Waals surface area contributed by atoms with E-state index in [2.05, 4.69) is 15.4 Å². The number of pyridine rings is 1. The van der Waals surface area contributed by atoms with Gasteiger partial charge in [-0.2, -0.15) is 0 Å². The first-order valence-electron chi connectivity index (χ1n) is 11.1. The average molecular weight is 495 g/mol. The molecule has 1 fully saturated rings. The van der Waals surface area contributed by atoms with Crippen molar-refractivity contribution in [2.24, 2.45) is 23.2 Å². The summed E-state index contributed by atoms with van der Waals surface area (Å²) >= 11 is 0. The van der Waals surface area contributed by atoms with Gasteiger partial charge in [-0.25, -0.2) is 21.1 Å². The third kappa shape index (κ3) is 4.52. The van der Waals surface area contributed by atoms with Crippen LogP contribution < -0.4 is 33.6 Å². The van der Waals surface area contributed by atoms with Crippen LogP contribution in [0, 0.1) is 5.82 Å². The van der Waals surface area contributed by atoms with Gasteiger partial charge in [-0.05, 0) is 0 Å². The highest BCUT2D eigenvalue weighted by Crippen LogP contribution is 2.28. The van der Waals surface area contributed by atoms with Crippen molar-refractivity contribution in [3.63, 3.8) is 0 Å². The number of carbonyl (C=O) groups excluding carboxylic acids is 2. The van der Waals surface area contributed by atoms with E-state index in [9.17, 15) is 14.0 Å². The fourth-order valence-electron chi connectivity index (χ4n) is 4.12. The number of rotatable bonds is 7. The number of halogens is 1. The molecule has 3 aromatic rings. The van der Waals surface area contributed by atoms with Gasteiger partial charge in [-0.15, -0.1) is 0 Å². The fourth-order valence-corrected chi connectivity index (χ4v) is 4.12. The number of piperazine rings is 1. The predicted octanol–water partition coefficient (Wildman–Crippen LogP) is -0.113. The number of hydrazine groups is 2. The topological polar surface area (TPSA) is 189 Å². The maximum absolute atomic E-state index is 14.7. The second-order valence-electron chi connectivity index (χ2n) is 8.01. The van der Waals surface area contributed by atoms with Crippen molar-refractivity contribution in [3.05, 3.63) is 77.9 Å². The second-order valence-corrected chi connectivity index (χ2v) is 8.01. The van der Waals surface area contributed by atoms with Crippen LogP contribution in [-0.4, -0.2) is 57.6 Å². The highest BCUT2D eigenvalue weighted by Gasteiger charge is 2.31. The molecule has 1 saturated heterocycles. The van der Waals surface area contributed by atoms with E-state index in [1.807, 2.05) is 35.2 Å². The van der Waals surface area contributed by atoms with Crippen LogP contribution in [0.25, 0.3) is 16.6 Å². The lowest BCUT2D eigenvalue weighted by Crippen LogP contribution is -2.52. The Kier molecular flexibility index (Phi) is 7.03. The van der Waals surface area contributed by atoms with Gasteiger partial charge in [0.2, 0.25) is 0 Å². The molecule has 1 aliphatic heterocycles. The molecule has 36 heavy (non-hydrogen) atoms. The van der Waals surface area contributed by atoms with Gasteiger partial charge in [-0.3, -0.25) is 14.6 Å². The van der Waals surface area contributed by atoms with Crippen LogP contribution in [0.3, 0.4) is 0 Å². The number of amides is 1. The quantitative estimate of drug-likeness (QED) is 0.112. The van der Waals surface area contributed by atoms with E-state index in [4.69, 9.17) is 23.2 Å². The molecule has 13 heteroatoms. The zero-order valence-electron chi connectivity index (χ0n) is 19.3. The molecular weight excluding hydrogens is 467 g/mol. The first kappa shape index (κ1) is 24.5.